The number of aromatic nitrogens is 1. The fraction of sp³-hybridized carbons (Fsp3) is 0.308. The Morgan fingerprint density at radius 3 is 2.78 bits per heavy atom. The van der Waals surface area contributed by atoms with E-state index in [1.807, 2.05) is 6.92 Å². The molecule has 18 heavy (non-hydrogen) atoms. The van der Waals surface area contributed by atoms with E-state index in [-0.39, 0.29) is 6.04 Å². The summed E-state index contributed by atoms with van der Waals surface area (Å²) in [5.41, 5.74) is 1.73. The normalized spacial score (nSPS) is 16.1. The fourth-order valence-corrected chi connectivity index (χ4v) is 3.51. The van der Waals surface area contributed by atoms with E-state index in [2.05, 4.69) is 9.71 Å². The average Bonchev–Trinajstić information content (AvgIpc) is 3.12. The minimum Gasteiger partial charge on any atom is -0.256 e. The number of aryl methyl sites for hydroxylation is 1. The Labute approximate surface area is 106 Å². The third-order valence-electron chi connectivity index (χ3n) is 3.12. The number of pyridine rings is 1. The first kappa shape index (κ1) is 11.6. The van der Waals surface area contributed by atoms with Gasteiger partial charge in [-0.25, -0.2) is 13.1 Å². The Kier molecular flexibility index (Phi) is 2.60. The van der Waals surface area contributed by atoms with Crippen molar-refractivity contribution in [2.45, 2.75) is 30.7 Å². The van der Waals surface area contributed by atoms with Crippen LogP contribution in [-0.4, -0.2) is 19.4 Å². The summed E-state index contributed by atoms with van der Waals surface area (Å²) >= 11 is 0. The Balaban J connectivity index is 2.20. The number of sulfonamides is 1. The highest BCUT2D eigenvalue weighted by molar-refractivity contribution is 7.89. The van der Waals surface area contributed by atoms with E-state index in [1.54, 1.807) is 30.5 Å². The van der Waals surface area contributed by atoms with Gasteiger partial charge in [0.2, 0.25) is 10.0 Å². The number of nitrogens with zero attached hydrogens (tertiary/aromatic N) is 1. The molecular weight excluding hydrogens is 248 g/mol. The first-order valence-electron chi connectivity index (χ1n) is 5.94. The van der Waals surface area contributed by atoms with Gasteiger partial charge in [-0.15, -0.1) is 0 Å². The van der Waals surface area contributed by atoms with Crippen molar-refractivity contribution in [3.63, 3.8) is 0 Å². The molecule has 1 N–H and O–H groups in total. The lowest BCUT2D eigenvalue weighted by Gasteiger charge is -2.09. The van der Waals surface area contributed by atoms with Crippen LogP contribution in [0.2, 0.25) is 0 Å². The minimum absolute atomic E-state index is 0.114. The van der Waals surface area contributed by atoms with Gasteiger partial charge in [0.25, 0.3) is 0 Å². The maximum atomic E-state index is 12.3. The molecule has 1 aromatic carbocycles. The Morgan fingerprint density at radius 2 is 2.06 bits per heavy atom. The number of nitrogens with one attached hydrogen (secondary N) is 1. The van der Waals surface area contributed by atoms with Crippen molar-refractivity contribution in [1.29, 1.82) is 0 Å². The average molecular weight is 262 g/mol. The molecule has 0 radical (unpaired) electrons. The van der Waals surface area contributed by atoms with Crippen LogP contribution in [0.1, 0.15) is 18.4 Å². The molecule has 1 aromatic heterocycles. The van der Waals surface area contributed by atoms with Crippen LogP contribution in [0.15, 0.2) is 35.4 Å². The summed E-state index contributed by atoms with van der Waals surface area (Å²) in [5.74, 6) is 0. The summed E-state index contributed by atoms with van der Waals surface area (Å²) in [6.45, 7) is 1.93. The van der Waals surface area contributed by atoms with E-state index >= 15 is 0 Å². The van der Waals surface area contributed by atoms with Gasteiger partial charge in [-0.3, -0.25) is 4.98 Å². The van der Waals surface area contributed by atoms with Gasteiger partial charge in [0.05, 0.1) is 10.4 Å². The molecule has 3 rings (SSSR count). The zero-order chi connectivity index (χ0) is 12.8. The number of rotatable bonds is 3. The van der Waals surface area contributed by atoms with E-state index in [4.69, 9.17) is 0 Å². The van der Waals surface area contributed by atoms with Gasteiger partial charge >= 0.3 is 0 Å². The predicted octanol–water partition coefficient (Wildman–Crippen LogP) is 1.98. The molecule has 0 saturated heterocycles. The molecule has 5 heteroatoms. The third kappa shape index (κ3) is 2.00. The second kappa shape index (κ2) is 4.03. The molecule has 1 aliphatic carbocycles. The fourth-order valence-electron chi connectivity index (χ4n) is 2.01. The van der Waals surface area contributed by atoms with Crippen LogP contribution in [0.5, 0.6) is 0 Å². The summed E-state index contributed by atoms with van der Waals surface area (Å²) < 4.78 is 27.2. The van der Waals surface area contributed by atoms with E-state index in [0.717, 1.165) is 23.9 Å². The summed E-state index contributed by atoms with van der Waals surface area (Å²) in [6.07, 6.45) is 3.54. The second-order valence-electron chi connectivity index (χ2n) is 4.68. The van der Waals surface area contributed by atoms with Gasteiger partial charge in [-0.1, -0.05) is 6.07 Å². The van der Waals surface area contributed by atoms with Crippen LogP contribution in [0, 0.1) is 6.92 Å². The standard InChI is InChI=1S/C13H14N2O2S/c1-9-4-7-12(11-3-2-8-14-13(9)11)18(16,17)15-10-5-6-10/h2-4,7-8,10,15H,5-6H2,1H3. The molecule has 0 aliphatic heterocycles. The molecule has 4 nitrogen and oxygen atoms in total. The summed E-state index contributed by atoms with van der Waals surface area (Å²) in [6, 6.07) is 7.14. The van der Waals surface area contributed by atoms with Gasteiger partial charge in [0.1, 0.15) is 0 Å². The van der Waals surface area contributed by atoms with Gasteiger partial charge in [0, 0.05) is 17.6 Å². The van der Waals surface area contributed by atoms with Crippen LogP contribution in [0.4, 0.5) is 0 Å². The highest BCUT2D eigenvalue weighted by atomic mass is 32.2. The smallest absolute Gasteiger partial charge is 0.241 e. The highest BCUT2D eigenvalue weighted by Crippen LogP contribution is 2.27. The molecule has 0 unspecified atom stereocenters. The van der Waals surface area contributed by atoms with Crippen LogP contribution in [0.25, 0.3) is 10.9 Å². The van der Waals surface area contributed by atoms with E-state index in [0.29, 0.717) is 10.3 Å². The van der Waals surface area contributed by atoms with Crippen molar-refractivity contribution in [3.05, 3.63) is 36.0 Å². The van der Waals surface area contributed by atoms with Gasteiger partial charge in [-0.05, 0) is 43.5 Å². The molecule has 2 aromatic rings. The van der Waals surface area contributed by atoms with Crippen molar-refractivity contribution in [1.82, 2.24) is 9.71 Å². The van der Waals surface area contributed by atoms with Gasteiger partial charge in [-0.2, -0.15) is 0 Å². The SMILES string of the molecule is Cc1ccc(S(=O)(=O)NC2CC2)c2cccnc12. The Bertz CT molecular complexity index is 706. The van der Waals surface area contributed by atoms with Crippen LogP contribution in [-0.2, 0) is 10.0 Å². The topological polar surface area (TPSA) is 59.1 Å². The zero-order valence-corrected chi connectivity index (χ0v) is 10.9. The first-order valence-corrected chi connectivity index (χ1v) is 7.43. The lowest BCUT2D eigenvalue weighted by molar-refractivity contribution is 0.582. The highest BCUT2D eigenvalue weighted by Gasteiger charge is 2.29. The molecule has 1 aliphatic rings. The quantitative estimate of drug-likeness (QED) is 0.920. The lowest BCUT2D eigenvalue weighted by atomic mass is 10.1. The Morgan fingerprint density at radius 1 is 1.28 bits per heavy atom. The number of hydrogen-bond donors (Lipinski definition) is 1. The molecule has 0 spiro atoms. The van der Waals surface area contributed by atoms with Gasteiger partial charge < -0.3 is 0 Å². The van der Waals surface area contributed by atoms with Crippen LogP contribution in [0.3, 0.4) is 0 Å². The van der Waals surface area contributed by atoms with E-state index < -0.39 is 10.0 Å². The minimum atomic E-state index is -3.43. The van der Waals surface area contributed by atoms with Crippen molar-refractivity contribution in [2.75, 3.05) is 0 Å². The van der Waals surface area contributed by atoms with E-state index in [9.17, 15) is 8.42 Å². The summed E-state index contributed by atoms with van der Waals surface area (Å²) in [5, 5.41) is 0.686. The third-order valence-corrected chi connectivity index (χ3v) is 4.70. The maximum absolute atomic E-state index is 12.3. The number of fused-ring (bicyclic) bond motifs is 1. The molecule has 1 fully saturated rings. The maximum Gasteiger partial charge on any atom is 0.241 e. The Hall–Kier alpha value is -1.46. The lowest BCUT2D eigenvalue weighted by Crippen LogP contribution is -2.25. The first-order chi connectivity index (χ1) is 8.58. The van der Waals surface area contributed by atoms with Crippen molar-refractivity contribution in [2.24, 2.45) is 0 Å². The van der Waals surface area contributed by atoms with Crippen LogP contribution >= 0.6 is 0 Å². The molecule has 0 bridgehead atoms. The predicted molar refractivity (Wildman–Crippen MR) is 69.8 cm³/mol. The largest absolute Gasteiger partial charge is 0.256 e. The van der Waals surface area contributed by atoms with Crippen molar-refractivity contribution >= 4 is 20.9 Å². The van der Waals surface area contributed by atoms with Crippen molar-refractivity contribution < 1.29 is 8.42 Å². The number of benzene rings is 1. The molecular formula is C13H14N2O2S. The number of hydrogen-bond acceptors (Lipinski definition) is 3. The second-order valence-corrected chi connectivity index (χ2v) is 6.36. The monoisotopic (exact) mass is 262 g/mol. The molecule has 0 amide bonds. The molecule has 1 heterocycles. The molecule has 1 saturated carbocycles. The summed E-state index contributed by atoms with van der Waals surface area (Å²) in [4.78, 5) is 4.58. The zero-order valence-electron chi connectivity index (χ0n) is 10.1. The van der Waals surface area contributed by atoms with Crippen LogP contribution < -0.4 is 4.72 Å². The summed E-state index contributed by atoms with van der Waals surface area (Å²) in [7, 11) is -3.43. The van der Waals surface area contributed by atoms with E-state index in [1.165, 1.54) is 0 Å². The van der Waals surface area contributed by atoms with Gasteiger partial charge in [0.15, 0.2) is 0 Å². The molecule has 0 atom stereocenters. The van der Waals surface area contributed by atoms with Crippen molar-refractivity contribution in [3.8, 4) is 0 Å². The molecule has 94 valence electrons.